The van der Waals surface area contributed by atoms with Crippen LogP contribution in [0.5, 0.6) is 0 Å². The Morgan fingerprint density at radius 3 is 2.94 bits per heavy atom. The number of nitrogens with zero attached hydrogens (tertiary/aromatic N) is 2. The van der Waals surface area contributed by atoms with Crippen LogP contribution in [0.15, 0.2) is 24.4 Å². The maximum Gasteiger partial charge on any atom is 0.207 e. The maximum atomic E-state index is 10.3. The number of hydrogen-bond acceptors (Lipinski definition) is 2. The van der Waals surface area contributed by atoms with E-state index >= 15 is 0 Å². The molecule has 1 aromatic heterocycles. The van der Waals surface area contributed by atoms with Crippen LogP contribution in [0.2, 0.25) is 5.02 Å². The summed E-state index contributed by atoms with van der Waals surface area (Å²) in [4.78, 5) is 10.1. The minimum absolute atomic E-state index is 0.0399. The standard InChI is InChI=1S/C11H11ClN2O2/c1-13-7-8(4-5-14(15)16)10-3-2-9(12)6-11(10)13/h2-3,6-7H,4-5H2,1H3. The Kier molecular flexibility index (Phi) is 2.83. The molecule has 4 nitrogen and oxygen atoms in total. The van der Waals surface area contributed by atoms with Gasteiger partial charge in [0.05, 0.1) is 0 Å². The molecule has 1 aromatic carbocycles. The molecular weight excluding hydrogens is 228 g/mol. The van der Waals surface area contributed by atoms with Crippen molar-refractivity contribution in [3.8, 4) is 0 Å². The Morgan fingerprint density at radius 2 is 2.25 bits per heavy atom. The van der Waals surface area contributed by atoms with Crippen molar-refractivity contribution in [2.24, 2.45) is 7.05 Å². The Morgan fingerprint density at radius 1 is 1.50 bits per heavy atom. The molecule has 5 heteroatoms. The first-order chi connectivity index (χ1) is 7.58. The van der Waals surface area contributed by atoms with Crippen molar-refractivity contribution in [3.63, 3.8) is 0 Å². The zero-order chi connectivity index (χ0) is 11.7. The van der Waals surface area contributed by atoms with Crippen LogP contribution in [0.4, 0.5) is 0 Å². The van der Waals surface area contributed by atoms with Gasteiger partial charge in [-0.1, -0.05) is 17.7 Å². The van der Waals surface area contributed by atoms with Crippen LogP contribution in [-0.2, 0) is 13.5 Å². The van der Waals surface area contributed by atoms with Gasteiger partial charge in [0.25, 0.3) is 0 Å². The van der Waals surface area contributed by atoms with Gasteiger partial charge in [-0.05, 0) is 17.7 Å². The molecule has 0 bridgehead atoms. The normalized spacial score (nSPS) is 10.9. The zero-order valence-electron chi connectivity index (χ0n) is 8.81. The van der Waals surface area contributed by atoms with Crippen molar-refractivity contribution in [1.29, 1.82) is 0 Å². The highest BCUT2D eigenvalue weighted by molar-refractivity contribution is 6.31. The predicted molar refractivity (Wildman–Crippen MR) is 63.5 cm³/mol. The molecule has 0 aliphatic carbocycles. The van der Waals surface area contributed by atoms with Gasteiger partial charge in [-0.15, -0.1) is 0 Å². The van der Waals surface area contributed by atoms with Crippen molar-refractivity contribution in [2.75, 3.05) is 6.54 Å². The second-order valence-electron chi connectivity index (χ2n) is 3.73. The van der Waals surface area contributed by atoms with Crippen molar-refractivity contribution in [2.45, 2.75) is 6.42 Å². The van der Waals surface area contributed by atoms with Gasteiger partial charge >= 0.3 is 0 Å². The molecular formula is C11H11ClN2O2. The minimum Gasteiger partial charge on any atom is -0.350 e. The summed E-state index contributed by atoms with van der Waals surface area (Å²) in [5, 5.41) is 12.1. The molecule has 0 unspecified atom stereocenters. The monoisotopic (exact) mass is 238 g/mol. The molecule has 0 saturated carbocycles. The van der Waals surface area contributed by atoms with Gasteiger partial charge in [-0.25, -0.2) is 0 Å². The van der Waals surface area contributed by atoms with Crippen LogP contribution in [0.25, 0.3) is 10.9 Å². The summed E-state index contributed by atoms with van der Waals surface area (Å²) in [6.07, 6.45) is 2.37. The number of aromatic nitrogens is 1. The number of hydrogen-bond donors (Lipinski definition) is 0. The molecule has 0 atom stereocenters. The summed E-state index contributed by atoms with van der Waals surface area (Å²) < 4.78 is 1.94. The third-order valence-electron chi connectivity index (χ3n) is 2.60. The molecule has 2 rings (SSSR count). The third-order valence-corrected chi connectivity index (χ3v) is 2.83. The van der Waals surface area contributed by atoms with E-state index in [4.69, 9.17) is 11.6 Å². The maximum absolute atomic E-state index is 10.3. The zero-order valence-corrected chi connectivity index (χ0v) is 9.57. The quantitative estimate of drug-likeness (QED) is 0.610. The predicted octanol–water partition coefficient (Wildman–Crippen LogP) is 2.65. The molecule has 0 radical (unpaired) electrons. The summed E-state index contributed by atoms with van der Waals surface area (Å²) in [5.41, 5.74) is 2.00. The first-order valence-electron chi connectivity index (χ1n) is 4.93. The topological polar surface area (TPSA) is 48.1 Å². The van der Waals surface area contributed by atoms with Crippen molar-refractivity contribution < 1.29 is 4.92 Å². The van der Waals surface area contributed by atoms with E-state index in [1.165, 1.54) is 0 Å². The Bertz CT molecular complexity index is 548. The van der Waals surface area contributed by atoms with E-state index in [1.807, 2.05) is 29.9 Å². The lowest BCUT2D eigenvalue weighted by atomic mass is 10.1. The average Bonchev–Trinajstić information content (AvgIpc) is 2.53. The number of fused-ring (bicyclic) bond motifs is 1. The van der Waals surface area contributed by atoms with Crippen LogP contribution >= 0.6 is 11.6 Å². The van der Waals surface area contributed by atoms with Gasteiger partial charge in [-0.3, -0.25) is 10.1 Å². The molecule has 1 heterocycles. The van der Waals surface area contributed by atoms with Crippen LogP contribution < -0.4 is 0 Å². The lowest BCUT2D eigenvalue weighted by Gasteiger charge is -1.96. The highest BCUT2D eigenvalue weighted by atomic mass is 35.5. The van der Waals surface area contributed by atoms with E-state index in [0.717, 1.165) is 16.5 Å². The molecule has 84 valence electrons. The second kappa shape index (κ2) is 4.14. The molecule has 0 aliphatic rings. The average molecular weight is 239 g/mol. The fourth-order valence-corrected chi connectivity index (χ4v) is 2.02. The van der Waals surface area contributed by atoms with Gasteiger partial charge in [0, 0.05) is 40.5 Å². The molecule has 0 saturated heterocycles. The van der Waals surface area contributed by atoms with Crippen LogP contribution in [0, 0.1) is 10.1 Å². The number of nitro groups is 1. The fourth-order valence-electron chi connectivity index (χ4n) is 1.85. The first-order valence-corrected chi connectivity index (χ1v) is 5.31. The summed E-state index contributed by atoms with van der Waals surface area (Å²) in [5.74, 6) is 0. The fraction of sp³-hybridized carbons (Fsp3) is 0.273. The minimum atomic E-state index is -0.297. The van der Waals surface area contributed by atoms with E-state index in [1.54, 1.807) is 6.07 Å². The molecule has 2 aromatic rings. The SMILES string of the molecule is Cn1cc(CC[N+](=O)[O-])c2ccc(Cl)cc21. The van der Waals surface area contributed by atoms with Gasteiger partial charge in [0.15, 0.2) is 0 Å². The van der Waals surface area contributed by atoms with Crippen molar-refractivity contribution in [3.05, 3.63) is 45.1 Å². The van der Waals surface area contributed by atoms with E-state index in [-0.39, 0.29) is 11.5 Å². The first kappa shape index (κ1) is 11.0. The van der Waals surface area contributed by atoms with Gasteiger partial charge in [-0.2, -0.15) is 0 Å². The summed E-state index contributed by atoms with van der Waals surface area (Å²) in [6, 6.07) is 5.58. The van der Waals surface area contributed by atoms with Gasteiger partial charge in [0.1, 0.15) is 0 Å². The lowest BCUT2D eigenvalue weighted by Crippen LogP contribution is -2.03. The molecule has 0 fully saturated rings. The van der Waals surface area contributed by atoms with Gasteiger partial charge < -0.3 is 4.57 Å². The van der Waals surface area contributed by atoms with E-state index < -0.39 is 0 Å². The highest BCUT2D eigenvalue weighted by Crippen LogP contribution is 2.24. The Balaban J connectivity index is 2.43. The molecule has 0 aliphatic heterocycles. The summed E-state index contributed by atoms with van der Waals surface area (Å²) in [6.45, 7) is -0.0399. The van der Waals surface area contributed by atoms with E-state index in [9.17, 15) is 10.1 Å². The Labute approximate surface area is 97.6 Å². The van der Waals surface area contributed by atoms with E-state index in [0.29, 0.717) is 11.4 Å². The third kappa shape index (κ3) is 2.02. The van der Waals surface area contributed by atoms with E-state index in [2.05, 4.69) is 0 Å². The lowest BCUT2D eigenvalue weighted by molar-refractivity contribution is -0.479. The molecule has 16 heavy (non-hydrogen) atoms. The Hall–Kier alpha value is -1.55. The molecule has 0 amide bonds. The summed E-state index contributed by atoms with van der Waals surface area (Å²) >= 11 is 5.91. The molecule has 0 N–H and O–H groups in total. The number of aryl methyl sites for hydroxylation is 1. The molecule has 0 spiro atoms. The van der Waals surface area contributed by atoms with Crippen LogP contribution in [0.3, 0.4) is 0 Å². The smallest absolute Gasteiger partial charge is 0.207 e. The van der Waals surface area contributed by atoms with Crippen LogP contribution in [0.1, 0.15) is 5.56 Å². The highest BCUT2D eigenvalue weighted by Gasteiger charge is 2.09. The number of benzene rings is 1. The summed E-state index contributed by atoms with van der Waals surface area (Å²) in [7, 11) is 1.91. The number of rotatable bonds is 3. The second-order valence-corrected chi connectivity index (χ2v) is 4.17. The van der Waals surface area contributed by atoms with Crippen molar-refractivity contribution in [1.82, 2.24) is 4.57 Å². The van der Waals surface area contributed by atoms with Crippen molar-refractivity contribution >= 4 is 22.5 Å². The number of halogens is 1. The van der Waals surface area contributed by atoms with Gasteiger partial charge in [0.2, 0.25) is 6.54 Å². The van der Waals surface area contributed by atoms with Crippen LogP contribution in [-0.4, -0.2) is 16.0 Å². The largest absolute Gasteiger partial charge is 0.350 e.